The zero-order valence-corrected chi connectivity index (χ0v) is 11.6. The van der Waals surface area contributed by atoms with Crippen LogP contribution in [-0.4, -0.2) is 23.5 Å². The molecule has 1 atom stereocenters. The van der Waals surface area contributed by atoms with Crippen molar-refractivity contribution >= 4 is 16.9 Å². The van der Waals surface area contributed by atoms with Crippen molar-refractivity contribution in [3.63, 3.8) is 0 Å². The van der Waals surface area contributed by atoms with Gasteiger partial charge < -0.3 is 5.32 Å². The smallest absolute Gasteiger partial charge is 0.156 e. The maximum Gasteiger partial charge on any atom is 0.156 e. The van der Waals surface area contributed by atoms with E-state index < -0.39 is 0 Å². The van der Waals surface area contributed by atoms with Crippen LogP contribution in [0.25, 0.3) is 0 Å². The van der Waals surface area contributed by atoms with Gasteiger partial charge in [-0.2, -0.15) is 0 Å². The van der Waals surface area contributed by atoms with Crippen molar-refractivity contribution in [2.24, 2.45) is 10.9 Å². The van der Waals surface area contributed by atoms with E-state index in [0.717, 1.165) is 16.5 Å². The third kappa shape index (κ3) is 3.48. The number of nitrogens with one attached hydrogen (secondary N) is 1. The van der Waals surface area contributed by atoms with Crippen molar-refractivity contribution in [1.82, 2.24) is 5.32 Å². The van der Waals surface area contributed by atoms with Gasteiger partial charge in [0, 0.05) is 18.3 Å². The van der Waals surface area contributed by atoms with Gasteiger partial charge in [0.05, 0.1) is 0 Å². The third-order valence-electron chi connectivity index (χ3n) is 3.11. The Morgan fingerprint density at radius 2 is 2.22 bits per heavy atom. The Labute approximate surface area is 112 Å². The predicted molar refractivity (Wildman–Crippen MR) is 76.6 cm³/mol. The number of aliphatic imine (C=N–C) groups is 1. The molecular formula is C14H19FN2S. The average molecular weight is 266 g/mol. The highest BCUT2D eigenvalue weighted by molar-refractivity contribution is 8.14. The van der Waals surface area contributed by atoms with Crippen molar-refractivity contribution in [2.75, 3.05) is 12.3 Å². The molecular weight excluding hydrogens is 247 g/mol. The summed E-state index contributed by atoms with van der Waals surface area (Å²) in [4.78, 5) is 4.49. The number of hydrogen-bond acceptors (Lipinski definition) is 2. The van der Waals surface area contributed by atoms with E-state index in [2.05, 4.69) is 24.2 Å². The molecule has 1 saturated heterocycles. The van der Waals surface area contributed by atoms with Crippen molar-refractivity contribution in [3.8, 4) is 0 Å². The minimum Gasteiger partial charge on any atom is -0.361 e. The quantitative estimate of drug-likeness (QED) is 0.905. The highest BCUT2D eigenvalue weighted by Crippen LogP contribution is 2.19. The molecule has 0 aromatic heterocycles. The predicted octanol–water partition coefficient (Wildman–Crippen LogP) is 3.09. The maximum atomic E-state index is 13.4. The summed E-state index contributed by atoms with van der Waals surface area (Å²) < 4.78 is 13.4. The molecule has 98 valence electrons. The number of nitrogens with zero attached hydrogens (tertiary/aromatic N) is 1. The maximum absolute atomic E-state index is 13.4. The summed E-state index contributed by atoms with van der Waals surface area (Å²) in [6, 6.07) is 7.42. The van der Waals surface area contributed by atoms with Crippen LogP contribution in [0.3, 0.4) is 0 Å². The Morgan fingerprint density at radius 1 is 1.44 bits per heavy atom. The van der Waals surface area contributed by atoms with Gasteiger partial charge in [-0.1, -0.05) is 43.8 Å². The summed E-state index contributed by atoms with van der Waals surface area (Å²) in [6.45, 7) is 5.06. The first-order chi connectivity index (χ1) is 8.66. The normalized spacial score (nSPS) is 21.6. The molecule has 0 saturated carbocycles. The lowest BCUT2D eigenvalue weighted by Crippen LogP contribution is -2.31. The summed E-state index contributed by atoms with van der Waals surface area (Å²) in [6.07, 6.45) is 0.657. The second kappa shape index (κ2) is 6.23. The first-order valence-corrected chi connectivity index (χ1v) is 7.32. The number of halogens is 1. The molecule has 4 heteroatoms. The molecule has 1 aliphatic heterocycles. The van der Waals surface area contributed by atoms with Gasteiger partial charge in [0.15, 0.2) is 5.17 Å². The molecule has 1 aromatic rings. The largest absolute Gasteiger partial charge is 0.361 e. The highest BCUT2D eigenvalue weighted by Gasteiger charge is 2.22. The molecule has 1 aliphatic rings. The van der Waals surface area contributed by atoms with E-state index in [0.29, 0.717) is 24.9 Å². The molecule has 2 rings (SSSR count). The molecule has 1 N–H and O–H groups in total. The first-order valence-electron chi connectivity index (χ1n) is 6.34. The molecule has 18 heavy (non-hydrogen) atoms. The lowest BCUT2D eigenvalue weighted by Gasteiger charge is -2.13. The topological polar surface area (TPSA) is 24.4 Å². The van der Waals surface area contributed by atoms with Gasteiger partial charge in [0.1, 0.15) is 5.82 Å². The van der Waals surface area contributed by atoms with Gasteiger partial charge in [-0.3, -0.25) is 4.99 Å². The van der Waals surface area contributed by atoms with Crippen LogP contribution in [0.4, 0.5) is 4.39 Å². The zero-order valence-electron chi connectivity index (χ0n) is 10.8. The van der Waals surface area contributed by atoms with Crippen LogP contribution in [0.5, 0.6) is 0 Å². The number of rotatable bonds is 4. The molecule has 2 nitrogen and oxygen atoms in total. The van der Waals surface area contributed by atoms with Gasteiger partial charge >= 0.3 is 0 Å². The fourth-order valence-electron chi connectivity index (χ4n) is 1.84. The molecule has 1 aromatic carbocycles. The van der Waals surface area contributed by atoms with Gasteiger partial charge in [0.2, 0.25) is 0 Å². The molecule has 0 bridgehead atoms. The monoisotopic (exact) mass is 266 g/mol. The Morgan fingerprint density at radius 3 is 2.89 bits per heavy atom. The van der Waals surface area contributed by atoms with Gasteiger partial charge in [-0.25, -0.2) is 4.39 Å². The fourth-order valence-corrected chi connectivity index (χ4v) is 3.06. The van der Waals surface area contributed by atoms with Crippen LogP contribution in [0.2, 0.25) is 0 Å². The van der Waals surface area contributed by atoms with E-state index in [-0.39, 0.29) is 5.82 Å². The van der Waals surface area contributed by atoms with Crippen LogP contribution in [0.15, 0.2) is 29.3 Å². The number of amidine groups is 1. The summed E-state index contributed by atoms with van der Waals surface area (Å²) >= 11 is 1.76. The standard InChI is InChI=1S/C14H19FN2S/c1-10(2)13-9-18-14(17-13)16-8-7-11-5-3-4-6-12(11)15/h3-6,10,13H,7-9H2,1-2H3,(H,16,17). The van der Waals surface area contributed by atoms with E-state index in [1.165, 1.54) is 6.07 Å². The van der Waals surface area contributed by atoms with Gasteiger partial charge in [-0.15, -0.1) is 0 Å². The van der Waals surface area contributed by atoms with Crippen molar-refractivity contribution < 1.29 is 4.39 Å². The summed E-state index contributed by atoms with van der Waals surface area (Å²) in [7, 11) is 0. The molecule has 1 fully saturated rings. The molecule has 1 unspecified atom stereocenters. The van der Waals surface area contributed by atoms with Crippen LogP contribution in [0, 0.1) is 11.7 Å². The van der Waals surface area contributed by atoms with Crippen LogP contribution < -0.4 is 5.32 Å². The van der Waals surface area contributed by atoms with Crippen LogP contribution >= 0.6 is 11.8 Å². The van der Waals surface area contributed by atoms with Crippen molar-refractivity contribution in [2.45, 2.75) is 26.3 Å². The SMILES string of the molecule is CC(C)C1CSC(=NCCc2ccccc2F)N1. The van der Waals surface area contributed by atoms with Crippen LogP contribution in [-0.2, 0) is 6.42 Å². The number of thioether (sulfide) groups is 1. The molecule has 0 spiro atoms. The van der Waals surface area contributed by atoms with Crippen molar-refractivity contribution in [1.29, 1.82) is 0 Å². The van der Waals surface area contributed by atoms with E-state index >= 15 is 0 Å². The minimum absolute atomic E-state index is 0.134. The lowest BCUT2D eigenvalue weighted by molar-refractivity contribution is 0.503. The lowest BCUT2D eigenvalue weighted by atomic mass is 10.1. The van der Waals surface area contributed by atoms with E-state index in [1.807, 2.05) is 12.1 Å². The Kier molecular flexibility index (Phi) is 4.64. The molecule has 0 radical (unpaired) electrons. The highest BCUT2D eigenvalue weighted by atomic mass is 32.2. The second-order valence-electron chi connectivity index (χ2n) is 4.83. The number of benzene rings is 1. The molecule has 1 heterocycles. The average Bonchev–Trinajstić information content (AvgIpc) is 2.80. The fraction of sp³-hybridized carbons (Fsp3) is 0.500. The Hall–Kier alpha value is -1.03. The zero-order chi connectivity index (χ0) is 13.0. The summed E-state index contributed by atoms with van der Waals surface area (Å²) in [5.41, 5.74) is 0.741. The van der Waals surface area contributed by atoms with Crippen molar-refractivity contribution in [3.05, 3.63) is 35.6 Å². The Bertz CT molecular complexity index is 432. The Balaban J connectivity index is 1.84. The minimum atomic E-state index is -0.134. The van der Waals surface area contributed by atoms with Gasteiger partial charge in [-0.05, 0) is 24.0 Å². The summed E-state index contributed by atoms with van der Waals surface area (Å²) in [5.74, 6) is 1.57. The van der Waals surface area contributed by atoms with Gasteiger partial charge in [0.25, 0.3) is 0 Å². The summed E-state index contributed by atoms with van der Waals surface area (Å²) in [5, 5.41) is 4.42. The molecule has 0 amide bonds. The number of hydrogen-bond donors (Lipinski definition) is 1. The van der Waals surface area contributed by atoms with E-state index in [9.17, 15) is 4.39 Å². The van der Waals surface area contributed by atoms with E-state index in [4.69, 9.17) is 0 Å². The first kappa shape index (κ1) is 13.4. The van der Waals surface area contributed by atoms with E-state index in [1.54, 1.807) is 17.8 Å². The van der Waals surface area contributed by atoms with Crippen LogP contribution in [0.1, 0.15) is 19.4 Å². The third-order valence-corrected chi connectivity index (χ3v) is 4.15. The molecule has 0 aliphatic carbocycles. The second-order valence-corrected chi connectivity index (χ2v) is 5.84.